The van der Waals surface area contributed by atoms with Crippen LogP contribution in [0.4, 0.5) is 0 Å². The van der Waals surface area contributed by atoms with Gasteiger partial charge in [0.15, 0.2) is 0 Å². The number of ether oxygens (including phenoxy) is 1. The van der Waals surface area contributed by atoms with Gasteiger partial charge in [0.1, 0.15) is 0 Å². The molecule has 0 saturated heterocycles. The minimum Gasteiger partial charge on any atom is -0.384 e. The van der Waals surface area contributed by atoms with E-state index in [4.69, 9.17) is 4.74 Å². The van der Waals surface area contributed by atoms with Crippen molar-refractivity contribution in [3.63, 3.8) is 0 Å². The first kappa shape index (κ1) is 17.1. The third-order valence-electron chi connectivity index (χ3n) is 3.07. The maximum atomic E-state index is 12.2. The van der Waals surface area contributed by atoms with Gasteiger partial charge in [-0.25, -0.2) is 13.1 Å². The van der Waals surface area contributed by atoms with E-state index in [1.807, 2.05) is 27.0 Å². The summed E-state index contributed by atoms with van der Waals surface area (Å²) in [6.45, 7) is 5.45. The summed E-state index contributed by atoms with van der Waals surface area (Å²) in [6.07, 6.45) is 0. The van der Waals surface area contributed by atoms with Gasteiger partial charge in [-0.2, -0.15) is 0 Å². The molecule has 0 radical (unpaired) electrons. The normalized spacial score (nSPS) is 13.4. The molecule has 0 saturated carbocycles. The summed E-state index contributed by atoms with van der Waals surface area (Å²) in [5, 5.41) is 3.04. The fourth-order valence-corrected chi connectivity index (χ4v) is 3.09. The minimum absolute atomic E-state index is 0.136. The SMILES string of the molecule is CNCc1cc(S(=O)(=O)NCC(C)COC)ccc1C. The Bertz CT molecular complexity index is 529. The van der Waals surface area contributed by atoms with E-state index in [0.717, 1.165) is 11.1 Å². The molecular formula is C14H24N2O3S. The van der Waals surface area contributed by atoms with Gasteiger partial charge in [0.25, 0.3) is 0 Å². The smallest absolute Gasteiger partial charge is 0.240 e. The third kappa shape index (κ3) is 4.86. The van der Waals surface area contributed by atoms with E-state index in [0.29, 0.717) is 24.6 Å². The number of benzene rings is 1. The number of hydrogen-bond donors (Lipinski definition) is 2. The molecule has 0 amide bonds. The molecule has 6 heteroatoms. The number of nitrogens with one attached hydrogen (secondary N) is 2. The van der Waals surface area contributed by atoms with Crippen molar-refractivity contribution in [2.45, 2.75) is 25.3 Å². The summed E-state index contributed by atoms with van der Waals surface area (Å²) in [6, 6.07) is 5.19. The van der Waals surface area contributed by atoms with E-state index in [-0.39, 0.29) is 5.92 Å². The Labute approximate surface area is 121 Å². The van der Waals surface area contributed by atoms with E-state index in [9.17, 15) is 8.42 Å². The molecule has 1 unspecified atom stereocenters. The summed E-state index contributed by atoms with van der Waals surface area (Å²) >= 11 is 0. The van der Waals surface area contributed by atoms with Crippen LogP contribution < -0.4 is 10.0 Å². The molecule has 1 rings (SSSR count). The molecule has 114 valence electrons. The molecule has 0 bridgehead atoms. The highest BCUT2D eigenvalue weighted by Gasteiger charge is 2.16. The van der Waals surface area contributed by atoms with Crippen molar-refractivity contribution < 1.29 is 13.2 Å². The van der Waals surface area contributed by atoms with Gasteiger partial charge in [0.05, 0.1) is 4.90 Å². The molecule has 1 atom stereocenters. The molecule has 0 spiro atoms. The molecule has 0 aliphatic rings. The number of hydrogen-bond acceptors (Lipinski definition) is 4. The highest BCUT2D eigenvalue weighted by atomic mass is 32.2. The van der Waals surface area contributed by atoms with E-state index in [1.165, 1.54) is 0 Å². The lowest BCUT2D eigenvalue weighted by atomic mass is 10.1. The average molecular weight is 300 g/mol. The molecule has 1 aromatic carbocycles. The van der Waals surface area contributed by atoms with Crippen molar-refractivity contribution in [2.75, 3.05) is 27.3 Å². The van der Waals surface area contributed by atoms with Crippen LogP contribution >= 0.6 is 0 Å². The molecular weight excluding hydrogens is 276 g/mol. The summed E-state index contributed by atoms with van der Waals surface area (Å²) in [5.74, 6) is 0.136. The van der Waals surface area contributed by atoms with Crippen LogP contribution in [0.15, 0.2) is 23.1 Å². The highest BCUT2D eigenvalue weighted by molar-refractivity contribution is 7.89. The fraction of sp³-hybridized carbons (Fsp3) is 0.571. The Morgan fingerprint density at radius 1 is 1.35 bits per heavy atom. The van der Waals surface area contributed by atoms with E-state index < -0.39 is 10.0 Å². The van der Waals surface area contributed by atoms with Gasteiger partial charge in [-0.15, -0.1) is 0 Å². The van der Waals surface area contributed by atoms with E-state index in [2.05, 4.69) is 10.0 Å². The largest absolute Gasteiger partial charge is 0.384 e. The Kier molecular flexibility index (Phi) is 6.61. The number of methoxy groups -OCH3 is 1. The van der Waals surface area contributed by atoms with Crippen molar-refractivity contribution in [3.8, 4) is 0 Å². The van der Waals surface area contributed by atoms with E-state index >= 15 is 0 Å². The first-order valence-electron chi connectivity index (χ1n) is 6.63. The predicted octanol–water partition coefficient (Wildman–Crippen LogP) is 1.28. The molecule has 0 aliphatic heterocycles. The lowest BCUT2D eigenvalue weighted by Crippen LogP contribution is -2.30. The van der Waals surface area contributed by atoms with Crippen LogP contribution in [0.1, 0.15) is 18.1 Å². The quantitative estimate of drug-likeness (QED) is 0.759. The molecule has 0 aromatic heterocycles. The molecule has 2 N–H and O–H groups in total. The van der Waals surface area contributed by atoms with Gasteiger partial charge in [0, 0.05) is 26.8 Å². The standard InChI is InChI=1S/C14H24N2O3S/c1-11(10-19-4)8-16-20(17,18)14-6-5-12(2)13(7-14)9-15-3/h5-7,11,15-16H,8-10H2,1-4H3. The number of sulfonamides is 1. The molecule has 0 fully saturated rings. The lowest BCUT2D eigenvalue weighted by molar-refractivity contribution is 0.161. The van der Waals surface area contributed by atoms with Crippen LogP contribution in [0.3, 0.4) is 0 Å². The van der Waals surface area contributed by atoms with Gasteiger partial charge in [-0.05, 0) is 43.1 Å². The Balaban J connectivity index is 2.84. The Morgan fingerprint density at radius 2 is 2.05 bits per heavy atom. The van der Waals surface area contributed by atoms with Crippen LogP contribution in [0.5, 0.6) is 0 Å². The summed E-state index contributed by atoms with van der Waals surface area (Å²) in [5.41, 5.74) is 2.06. The first-order chi connectivity index (χ1) is 9.40. The fourth-order valence-electron chi connectivity index (χ4n) is 1.87. The monoisotopic (exact) mass is 300 g/mol. The third-order valence-corrected chi connectivity index (χ3v) is 4.49. The van der Waals surface area contributed by atoms with Gasteiger partial charge in [-0.3, -0.25) is 0 Å². The van der Waals surface area contributed by atoms with Crippen molar-refractivity contribution in [1.29, 1.82) is 0 Å². The highest BCUT2D eigenvalue weighted by Crippen LogP contribution is 2.15. The molecule has 1 aromatic rings. The molecule has 5 nitrogen and oxygen atoms in total. The second kappa shape index (κ2) is 7.73. The zero-order valence-corrected chi connectivity index (χ0v) is 13.4. The second-order valence-electron chi connectivity index (χ2n) is 5.03. The van der Waals surface area contributed by atoms with Gasteiger partial charge >= 0.3 is 0 Å². The summed E-state index contributed by atoms with van der Waals surface area (Å²) < 4.78 is 32.1. The maximum absolute atomic E-state index is 12.2. The lowest BCUT2D eigenvalue weighted by Gasteiger charge is -2.13. The summed E-state index contributed by atoms with van der Waals surface area (Å²) in [7, 11) is -0.0198. The van der Waals surface area contributed by atoms with Crippen LogP contribution in [-0.4, -0.2) is 35.7 Å². The van der Waals surface area contributed by atoms with Crippen LogP contribution in [-0.2, 0) is 21.3 Å². The molecule has 0 heterocycles. The first-order valence-corrected chi connectivity index (χ1v) is 8.11. The second-order valence-corrected chi connectivity index (χ2v) is 6.80. The maximum Gasteiger partial charge on any atom is 0.240 e. The average Bonchev–Trinajstić information content (AvgIpc) is 2.39. The van der Waals surface area contributed by atoms with Crippen LogP contribution in [0, 0.1) is 12.8 Å². The van der Waals surface area contributed by atoms with Crippen molar-refractivity contribution in [1.82, 2.24) is 10.0 Å². The molecule has 20 heavy (non-hydrogen) atoms. The zero-order valence-electron chi connectivity index (χ0n) is 12.6. The van der Waals surface area contributed by atoms with Gasteiger partial charge in [-0.1, -0.05) is 13.0 Å². The zero-order chi connectivity index (χ0) is 15.2. The van der Waals surface area contributed by atoms with Crippen molar-refractivity contribution in [3.05, 3.63) is 29.3 Å². The number of rotatable bonds is 8. The predicted molar refractivity (Wildman–Crippen MR) is 80.2 cm³/mol. The minimum atomic E-state index is -3.46. The Hall–Kier alpha value is -0.950. The van der Waals surface area contributed by atoms with Crippen LogP contribution in [0.2, 0.25) is 0 Å². The topological polar surface area (TPSA) is 67.4 Å². The number of aryl methyl sites for hydroxylation is 1. The molecule has 0 aliphatic carbocycles. The van der Waals surface area contributed by atoms with Crippen LogP contribution in [0.25, 0.3) is 0 Å². The van der Waals surface area contributed by atoms with Gasteiger partial charge in [0.2, 0.25) is 10.0 Å². The van der Waals surface area contributed by atoms with Crippen molar-refractivity contribution >= 4 is 10.0 Å². The summed E-state index contributed by atoms with van der Waals surface area (Å²) in [4.78, 5) is 0.304. The van der Waals surface area contributed by atoms with E-state index in [1.54, 1.807) is 19.2 Å². The van der Waals surface area contributed by atoms with Crippen molar-refractivity contribution in [2.24, 2.45) is 5.92 Å². The van der Waals surface area contributed by atoms with Gasteiger partial charge < -0.3 is 10.1 Å². The Morgan fingerprint density at radius 3 is 2.65 bits per heavy atom.